The molecule has 2 rings (SSSR count). The van der Waals surface area contributed by atoms with Crippen molar-refractivity contribution in [3.63, 3.8) is 0 Å². The van der Waals surface area contributed by atoms with Crippen molar-refractivity contribution in [2.45, 2.75) is 19.4 Å². The van der Waals surface area contributed by atoms with E-state index in [2.05, 4.69) is 48.0 Å². The van der Waals surface area contributed by atoms with Crippen LogP contribution in [0.3, 0.4) is 0 Å². The number of aryl methyl sites for hydroxylation is 2. The van der Waals surface area contributed by atoms with Crippen molar-refractivity contribution in [3.05, 3.63) is 52.3 Å². The van der Waals surface area contributed by atoms with Gasteiger partial charge in [0, 0.05) is 44.1 Å². The highest BCUT2D eigenvalue weighted by atomic mass is 127. The van der Waals surface area contributed by atoms with Gasteiger partial charge in [0.1, 0.15) is 5.75 Å². The Bertz CT molecular complexity index is 685. The Kier molecular flexibility index (Phi) is 9.34. The second-order valence-corrected chi connectivity index (χ2v) is 6.78. The molecule has 0 fully saturated rings. The number of aliphatic imine (C=N–C) groups is 1. The molecule has 25 heavy (non-hydrogen) atoms. The quantitative estimate of drug-likeness (QED) is 0.264. The number of phenolic OH excluding ortho intramolecular Hbond substituents is 1. The molecular weight excluding hydrogens is 495 g/mol. The van der Waals surface area contributed by atoms with Crippen molar-refractivity contribution in [3.8, 4) is 5.75 Å². The Labute approximate surface area is 175 Å². The minimum Gasteiger partial charge on any atom is -0.508 e. The van der Waals surface area contributed by atoms with Crippen LogP contribution in [0.2, 0.25) is 0 Å². The molecule has 1 aromatic carbocycles. The van der Waals surface area contributed by atoms with Crippen LogP contribution in [0.1, 0.15) is 17.7 Å². The Morgan fingerprint density at radius 1 is 1.32 bits per heavy atom. The zero-order chi connectivity index (χ0) is 17.5. The first-order chi connectivity index (χ1) is 11.5. The molecule has 7 heteroatoms. The number of phenols is 1. The maximum atomic E-state index is 9.30. The number of nitrogens with zero attached hydrogens (tertiary/aromatic N) is 3. The molecule has 0 saturated carbocycles. The van der Waals surface area contributed by atoms with Crippen LogP contribution in [0.5, 0.6) is 5.75 Å². The summed E-state index contributed by atoms with van der Waals surface area (Å²) < 4.78 is 3.20. The summed E-state index contributed by atoms with van der Waals surface area (Å²) in [4.78, 5) is 6.47. The summed E-state index contributed by atoms with van der Waals surface area (Å²) in [7, 11) is 5.89. The molecule has 2 N–H and O–H groups in total. The predicted octanol–water partition coefficient (Wildman–Crippen LogP) is 3.75. The number of aromatic nitrogens is 1. The first-order valence-corrected chi connectivity index (χ1v) is 8.79. The summed E-state index contributed by atoms with van der Waals surface area (Å²) in [5.41, 5.74) is 2.45. The molecule has 0 unspecified atom stereocenters. The minimum atomic E-state index is 0. The average Bonchev–Trinajstić information content (AvgIpc) is 2.86. The maximum Gasteiger partial charge on any atom is 0.193 e. The first kappa shape index (κ1) is 21.8. The molecule has 0 aliphatic carbocycles. The lowest BCUT2D eigenvalue weighted by molar-refractivity contribution is 0.461. The molecule has 138 valence electrons. The number of nitrogens with one attached hydrogen (secondary N) is 1. The maximum absolute atomic E-state index is 9.30. The van der Waals surface area contributed by atoms with E-state index in [-0.39, 0.29) is 24.0 Å². The smallest absolute Gasteiger partial charge is 0.193 e. The number of benzene rings is 1. The van der Waals surface area contributed by atoms with Gasteiger partial charge in [-0.1, -0.05) is 12.1 Å². The summed E-state index contributed by atoms with van der Waals surface area (Å²) >= 11 is 3.50. The number of rotatable bonds is 6. The van der Waals surface area contributed by atoms with Gasteiger partial charge in [0.05, 0.1) is 6.54 Å². The Morgan fingerprint density at radius 2 is 2.00 bits per heavy atom. The van der Waals surface area contributed by atoms with Crippen LogP contribution in [0.15, 0.2) is 46.0 Å². The second kappa shape index (κ2) is 10.7. The van der Waals surface area contributed by atoms with E-state index in [4.69, 9.17) is 0 Å². The molecule has 0 aliphatic rings. The summed E-state index contributed by atoms with van der Waals surface area (Å²) in [5.74, 6) is 1.20. The highest BCUT2D eigenvalue weighted by Gasteiger charge is 2.09. The second-order valence-electron chi connectivity index (χ2n) is 5.86. The van der Waals surface area contributed by atoms with E-state index in [0.29, 0.717) is 5.75 Å². The minimum absolute atomic E-state index is 0. The fourth-order valence-corrected chi connectivity index (χ4v) is 3.15. The lowest BCUT2D eigenvalue weighted by atomic mass is 10.1. The molecule has 1 heterocycles. The number of guanidine groups is 1. The van der Waals surface area contributed by atoms with Crippen molar-refractivity contribution in [2.75, 3.05) is 20.6 Å². The van der Waals surface area contributed by atoms with Gasteiger partial charge in [-0.3, -0.25) is 4.99 Å². The van der Waals surface area contributed by atoms with Gasteiger partial charge in [0.15, 0.2) is 5.96 Å². The zero-order valence-corrected chi connectivity index (χ0v) is 18.8. The van der Waals surface area contributed by atoms with Crippen LogP contribution >= 0.6 is 39.9 Å². The van der Waals surface area contributed by atoms with E-state index in [1.165, 1.54) is 11.3 Å². The van der Waals surface area contributed by atoms with Crippen LogP contribution in [0.4, 0.5) is 0 Å². The summed E-state index contributed by atoms with van der Waals surface area (Å²) in [6, 6.07) is 9.50. The average molecular weight is 521 g/mol. The predicted molar refractivity (Wildman–Crippen MR) is 118 cm³/mol. The van der Waals surface area contributed by atoms with Gasteiger partial charge in [-0.15, -0.1) is 24.0 Å². The zero-order valence-electron chi connectivity index (χ0n) is 14.9. The normalized spacial score (nSPS) is 11.1. The molecule has 0 aliphatic heterocycles. The number of halogens is 2. The fraction of sp³-hybridized carbons (Fsp3) is 0.389. The number of hydrogen-bond donors (Lipinski definition) is 2. The van der Waals surface area contributed by atoms with Crippen molar-refractivity contribution in [1.29, 1.82) is 0 Å². The molecular formula is C18H26BrIN4O. The van der Waals surface area contributed by atoms with Gasteiger partial charge in [-0.2, -0.15) is 0 Å². The van der Waals surface area contributed by atoms with Crippen LogP contribution in [0, 0.1) is 0 Å². The van der Waals surface area contributed by atoms with Crippen LogP contribution in [-0.4, -0.2) is 41.2 Å². The van der Waals surface area contributed by atoms with Gasteiger partial charge < -0.3 is 19.9 Å². The third kappa shape index (κ3) is 6.89. The van der Waals surface area contributed by atoms with E-state index in [1.807, 2.05) is 26.2 Å². The van der Waals surface area contributed by atoms with E-state index < -0.39 is 0 Å². The molecule has 0 spiro atoms. The molecule has 0 radical (unpaired) electrons. The fourth-order valence-electron chi connectivity index (χ4n) is 2.58. The van der Waals surface area contributed by atoms with Gasteiger partial charge in [-0.05, 0) is 52.5 Å². The van der Waals surface area contributed by atoms with E-state index in [1.54, 1.807) is 19.2 Å². The lowest BCUT2D eigenvalue weighted by Gasteiger charge is -2.22. The van der Waals surface area contributed by atoms with E-state index in [0.717, 1.165) is 36.4 Å². The third-order valence-corrected chi connectivity index (χ3v) is 4.34. The monoisotopic (exact) mass is 520 g/mol. The molecule has 2 aromatic rings. The highest BCUT2D eigenvalue weighted by molar-refractivity contribution is 14.0. The van der Waals surface area contributed by atoms with Crippen LogP contribution in [0.25, 0.3) is 0 Å². The van der Waals surface area contributed by atoms with Gasteiger partial charge in [0.25, 0.3) is 0 Å². The standard InChI is InChI=1S/C18H25BrN4O.HI/c1-20-18(23(3)13-16-11-15(19)12-22(16)2)21-10-4-5-14-6-8-17(24)9-7-14;/h6-9,11-12,24H,4-5,10,13H2,1-3H3,(H,20,21);1H. The molecule has 1 aromatic heterocycles. The van der Waals surface area contributed by atoms with Crippen molar-refractivity contribution >= 4 is 45.9 Å². The molecule has 0 atom stereocenters. The van der Waals surface area contributed by atoms with Gasteiger partial charge in [0.2, 0.25) is 0 Å². The summed E-state index contributed by atoms with van der Waals surface area (Å²) in [6.45, 7) is 1.65. The van der Waals surface area contributed by atoms with Gasteiger partial charge >= 0.3 is 0 Å². The summed E-state index contributed by atoms with van der Waals surface area (Å²) in [6.07, 6.45) is 4.03. The molecule has 0 amide bonds. The summed E-state index contributed by atoms with van der Waals surface area (Å²) in [5, 5.41) is 12.7. The number of hydrogen-bond acceptors (Lipinski definition) is 2. The topological polar surface area (TPSA) is 52.8 Å². The molecule has 0 bridgehead atoms. The van der Waals surface area contributed by atoms with Crippen LogP contribution in [-0.2, 0) is 20.0 Å². The Balaban J connectivity index is 0.00000312. The van der Waals surface area contributed by atoms with E-state index in [9.17, 15) is 5.11 Å². The first-order valence-electron chi connectivity index (χ1n) is 8.00. The third-order valence-electron chi connectivity index (χ3n) is 3.91. The number of aromatic hydroxyl groups is 1. The van der Waals surface area contributed by atoms with Gasteiger partial charge in [-0.25, -0.2) is 0 Å². The van der Waals surface area contributed by atoms with Crippen molar-refractivity contribution in [1.82, 2.24) is 14.8 Å². The highest BCUT2D eigenvalue weighted by Crippen LogP contribution is 2.15. The van der Waals surface area contributed by atoms with Crippen molar-refractivity contribution in [2.24, 2.45) is 12.0 Å². The largest absolute Gasteiger partial charge is 0.508 e. The lowest BCUT2D eigenvalue weighted by Crippen LogP contribution is -2.39. The Hall–Kier alpha value is -1.22. The molecule has 0 saturated heterocycles. The Morgan fingerprint density at radius 3 is 2.56 bits per heavy atom. The van der Waals surface area contributed by atoms with Crippen LogP contribution < -0.4 is 5.32 Å². The molecule has 5 nitrogen and oxygen atoms in total. The van der Waals surface area contributed by atoms with Crippen molar-refractivity contribution < 1.29 is 5.11 Å². The van der Waals surface area contributed by atoms with E-state index >= 15 is 0 Å². The SMILES string of the molecule is CN=C(NCCCc1ccc(O)cc1)N(C)Cc1cc(Br)cn1C.I.